The van der Waals surface area contributed by atoms with E-state index in [0.717, 1.165) is 4.47 Å². The molecule has 3 aromatic rings. The number of hydrogen-bond acceptors (Lipinski definition) is 6. The molecule has 0 unspecified atom stereocenters. The number of nitrogens with one attached hydrogen (secondary N) is 1. The van der Waals surface area contributed by atoms with Gasteiger partial charge in [0.2, 0.25) is 0 Å². The number of nitrogens with zero attached hydrogens (tertiary/aromatic N) is 1. The lowest BCUT2D eigenvalue weighted by molar-refractivity contribution is -0.123. The molecule has 158 valence electrons. The quantitative estimate of drug-likeness (QED) is 0.225. The minimum Gasteiger partial charge on any atom is -0.493 e. The Morgan fingerprint density at radius 3 is 2.45 bits per heavy atom. The molecular formula is C23H19BrN2O5. The predicted octanol–water partition coefficient (Wildman–Crippen LogP) is 4.21. The summed E-state index contributed by atoms with van der Waals surface area (Å²) in [5.74, 6) is 0.299. The predicted molar refractivity (Wildman–Crippen MR) is 120 cm³/mol. The van der Waals surface area contributed by atoms with Crippen molar-refractivity contribution in [1.29, 1.82) is 0 Å². The summed E-state index contributed by atoms with van der Waals surface area (Å²) in [5, 5.41) is 3.91. The molecule has 3 aromatic carbocycles. The summed E-state index contributed by atoms with van der Waals surface area (Å²) in [5.41, 5.74) is 3.47. The van der Waals surface area contributed by atoms with Crippen molar-refractivity contribution in [2.45, 2.75) is 0 Å². The van der Waals surface area contributed by atoms with E-state index in [4.69, 9.17) is 14.2 Å². The number of carbonyl (C=O) groups is 2. The van der Waals surface area contributed by atoms with Crippen LogP contribution in [0.5, 0.6) is 17.2 Å². The SMILES string of the molecule is COc1cc(/C=N/NC(=O)COc2ccccc2Br)ccc1OC(=O)c1ccccc1. The number of carbonyl (C=O) groups excluding carboxylic acids is 2. The third kappa shape index (κ3) is 6.42. The molecule has 0 saturated carbocycles. The van der Waals surface area contributed by atoms with Crippen molar-refractivity contribution >= 4 is 34.0 Å². The second kappa shape index (κ2) is 10.9. The van der Waals surface area contributed by atoms with E-state index < -0.39 is 11.9 Å². The van der Waals surface area contributed by atoms with Gasteiger partial charge in [0.05, 0.1) is 23.4 Å². The van der Waals surface area contributed by atoms with Crippen LogP contribution in [0.4, 0.5) is 0 Å². The van der Waals surface area contributed by atoms with E-state index in [1.54, 1.807) is 48.5 Å². The molecule has 0 aliphatic carbocycles. The zero-order valence-electron chi connectivity index (χ0n) is 16.6. The highest BCUT2D eigenvalue weighted by atomic mass is 79.9. The first-order valence-corrected chi connectivity index (χ1v) is 10.0. The molecule has 8 heteroatoms. The Balaban J connectivity index is 1.56. The number of hydrazone groups is 1. The van der Waals surface area contributed by atoms with Gasteiger partial charge >= 0.3 is 5.97 Å². The van der Waals surface area contributed by atoms with Crippen LogP contribution in [0.2, 0.25) is 0 Å². The largest absolute Gasteiger partial charge is 0.493 e. The van der Waals surface area contributed by atoms with Crippen molar-refractivity contribution in [3.63, 3.8) is 0 Å². The monoisotopic (exact) mass is 482 g/mol. The van der Waals surface area contributed by atoms with E-state index in [2.05, 4.69) is 26.5 Å². The Morgan fingerprint density at radius 1 is 0.968 bits per heavy atom. The maximum atomic E-state index is 12.2. The Kier molecular flexibility index (Phi) is 7.78. The van der Waals surface area contributed by atoms with E-state index in [9.17, 15) is 9.59 Å². The lowest BCUT2D eigenvalue weighted by Gasteiger charge is -2.10. The highest BCUT2D eigenvalue weighted by molar-refractivity contribution is 9.10. The molecule has 0 spiro atoms. The standard InChI is InChI=1S/C23H19BrN2O5/c1-29-21-13-16(11-12-20(21)31-23(28)17-7-3-2-4-8-17)14-25-26-22(27)15-30-19-10-6-5-9-18(19)24/h2-14H,15H2,1H3,(H,26,27)/b25-14+. The fourth-order valence-electron chi connectivity index (χ4n) is 2.50. The number of amides is 1. The summed E-state index contributed by atoms with van der Waals surface area (Å²) in [4.78, 5) is 24.1. The zero-order valence-corrected chi connectivity index (χ0v) is 18.2. The maximum absolute atomic E-state index is 12.2. The van der Waals surface area contributed by atoms with Crippen LogP contribution in [0.3, 0.4) is 0 Å². The summed E-state index contributed by atoms with van der Waals surface area (Å²) in [6.07, 6.45) is 1.45. The van der Waals surface area contributed by atoms with Gasteiger partial charge < -0.3 is 14.2 Å². The molecular weight excluding hydrogens is 464 g/mol. The zero-order chi connectivity index (χ0) is 22.1. The van der Waals surface area contributed by atoms with Crippen LogP contribution in [0.25, 0.3) is 0 Å². The Labute approximate surface area is 187 Å². The number of ether oxygens (including phenoxy) is 3. The normalized spacial score (nSPS) is 10.5. The lowest BCUT2D eigenvalue weighted by atomic mass is 10.2. The van der Waals surface area contributed by atoms with Crippen LogP contribution in [0.1, 0.15) is 15.9 Å². The number of benzene rings is 3. The van der Waals surface area contributed by atoms with Gasteiger partial charge in [0.15, 0.2) is 18.1 Å². The minimum absolute atomic E-state index is 0.183. The first-order chi connectivity index (χ1) is 15.1. The molecule has 0 saturated heterocycles. The number of methoxy groups -OCH3 is 1. The second-order valence-electron chi connectivity index (χ2n) is 6.18. The number of para-hydroxylation sites is 1. The maximum Gasteiger partial charge on any atom is 0.343 e. The molecule has 0 atom stereocenters. The van der Waals surface area contributed by atoms with Crippen LogP contribution in [0.15, 0.2) is 82.4 Å². The van der Waals surface area contributed by atoms with E-state index in [0.29, 0.717) is 22.6 Å². The van der Waals surface area contributed by atoms with E-state index in [-0.39, 0.29) is 12.4 Å². The number of rotatable bonds is 8. The van der Waals surface area contributed by atoms with Crippen molar-refractivity contribution in [2.24, 2.45) is 5.10 Å². The van der Waals surface area contributed by atoms with Crippen molar-refractivity contribution in [3.8, 4) is 17.2 Å². The van der Waals surface area contributed by atoms with Crippen molar-refractivity contribution in [1.82, 2.24) is 5.43 Å². The molecule has 0 bridgehead atoms. The van der Waals surface area contributed by atoms with Crippen LogP contribution in [0, 0.1) is 0 Å². The van der Waals surface area contributed by atoms with Gasteiger partial charge in [-0.1, -0.05) is 30.3 Å². The van der Waals surface area contributed by atoms with Crippen LogP contribution >= 0.6 is 15.9 Å². The third-order valence-electron chi connectivity index (χ3n) is 4.00. The van der Waals surface area contributed by atoms with Gasteiger partial charge in [-0.05, 0) is 64.0 Å². The molecule has 1 amide bonds. The van der Waals surface area contributed by atoms with Crippen LogP contribution in [-0.2, 0) is 4.79 Å². The van der Waals surface area contributed by atoms with Gasteiger partial charge in [0.25, 0.3) is 5.91 Å². The van der Waals surface area contributed by atoms with Crippen molar-refractivity contribution in [3.05, 3.63) is 88.4 Å². The van der Waals surface area contributed by atoms with Gasteiger partial charge in [0, 0.05) is 0 Å². The lowest BCUT2D eigenvalue weighted by Crippen LogP contribution is -2.24. The number of halogens is 1. The summed E-state index contributed by atoms with van der Waals surface area (Å²) in [7, 11) is 1.47. The second-order valence-corrected chi connectivity index (χ2v) is 7.03. The molecule has 0 heterocycles. The topological polar surface area (TPSA) is 86.2 Å². The molecule has 31 heavy (non-hydrogen) atoms. The number of hydrogen-bond donors (Lipinski definition) is 1. The summed E-state index contributed by atoms with van der Waals surface area (Å²) in [6.45, 7) is -0.183. The van der Waals surface area contributed by atoms with Crippen LogP contribution < -0.4 is 19.6 Å². The first kappa shape index (κ1) is 22.0. The highest BCUT2D eigenvalue weighted by Gasteiger charge is 2.12. The fraction of sp³-hybridized carbons (Fsp3) is 0.0870. The molecule has 3 rings (SSSR count). The minimum atomic E-state index is -0.488. The third-order valence-corrected chi connectivity index (χ3v) is 4.65. The van der Waals surface area contributed by atoms with Crippen molar-refractivity contribution in [2.75, 3.05) is 13.7 Å². The molecule has 0 aliphatic rings. The highest BCUT2D eigenvalue weighted by Crippen LogP contribution is 2.28. The van der Waals surface area contributed by atoms with E-state index in [1.165, 1.54) is 13.3 Å². The molecule has 0 aromatic heterocycles. The van der Waals surface area contributed by atoms with E-state index in [1.807, 2.05) is 24.3 Å². The summed E-state index contributed by atoms with van der Waals surface area (Å²) in [6, 6.07) is 20.8. The molecule has 0 fully saturated rings. The van der Waals surface area contributed by atoms with Crippen LogP contribution in [-0.4, -0.2) is 31.8 Å². The Morgan fingerprint density at radius 2 is 1.71 bits per heavy atom. The number of esters is 1. The molecule has 7 nitrogen and oxygen atoms in total. The first-order valence-electron chi connectivity index (χ1n) is 9.21. The molecule has 0 aliphatic heterocycles. The van der Waals surface area contributed by atoms with Gasteiger partial charge in [-0.15, -0.1) is 0 Å². The summed E-state index contributed by atoms with van der Waals surface area (Å²) >= 11 is 3.35. The van der Waals surface area contributed by atoms with E-state index >= 15 is 0 Å². The summed E-state index contributed by atoms with van der Waals surface area (Å²) < 4.78 is 16.9. The smallest absolute Gasteiger partial charge is 0.343 e. The van der Waals surface area contributed by atoms with Crippen molar-refractivity contribution < 1.29 is 23.8 Å². The Bertz CT molecular complexity index is 1090. The Hall–Kier alpha value is -3.65. The molecule has 0 radical (unpaired) electrons. The van der Waals surface area contributed by atoms with Gasteiger partial charge in [-0.25, -0.2) is 10.2 Å². The van der Waals surface area contributed by atoms with Gasteiger partial charge in [-0.3, -0.25) is 4.79 Å². The van der Waals surface area contributed by atoms with Gasteiger partial charge in [0.1, 0.15) is 5.75 Å². The fourth-order valence-corrected chi connectivity index (χ4v) is 2.90. The average molecular weight is 483 g/mol. The molecule has 1 N–H and O–H groups in total. The van der Waals surface area contributed by atoms with Gasteiger partial charge in [-0.2, -0.15) is 5.10 Å². The average Bonchev–Trinajstić information content (AvgIpc) is 2.80.